The van der Waals surface area contributed by atoms with Gasteiger partial charge in [0, 0.05) is 6.54 Å². The number of rotatable bonds is 5. The molecule has 0 spiro atoms. The van der Waals surface area contributed by atoms with Crippen LogP contribution >= 0.6 is 0 Å². The van der Waals surface area contributed by atoms with Gasteiger partial charge in [0.25, 0.3) is 0 Å². The van der Waals surface area contributed by atoms with Crippen LogP contribution in [0, 0.1) is 5.92 Å². The Hall–Kier alpha value is -1.55. The molecule has 1 aliphatic heterocycles. The van der Waals surface area contributed by atoms with E-state index in [0.717, 1.165) is 25.1 Å². The van der Waals surface area contributed by atoms with Gasteiger partial charge >= 0.3 is 5.97 Å². The Bertz CT molecular complexity index is 407. The quantitative estimate of drug-likeness (QED) is 0.885. The molecule has 1 aromatic rings. The number of carboxylic acids is 1. The fourth-order valence-electron chi connectivity index (χ4n) is 2.72. The van der Waals surface area contributed by atoms with Crippen molar-refractivity contribution < 1.29 is 14.6 Å². The number of piperidine rings is 1. The summed E-state index contributed by atoms with van der Waals surface area (Å²) < 4.78 is 5.64. The van der Waals surface area contributed by atoms with Crippen molar-refractivity contribution in [3.8, 4) is 5.75 Å². The Morgan fingerprint density at radius 1 is 1.42 bits per heavy atom. The van der Waals surface area contributed by atoms with Gasteiger partial charge in [0.15, 0.2) is 0 Å². The average molecular weight is 263 g/mol. The summed E-state index contributed by atoms with van der Waals surface area (Å²) in [6.07, 6.45) is 2.06. The predicted octanol–water partition coefficient (Wildman–Crippen LogP) is 2.25. The van der Waals surface area contributed by atoms with Crippen molar-refractivity contribution in [3.05, 3.63) is 30.3 Å². The summed E-state index contributed by atoms with van der Waals surface area (Å²) in [6.45, 7) is 4.05. The van der Waals surface area contributed by atoms with E-state index < -0.39 is 5.97 Å². The van der Waals surface area contributed by atoms with Gasteiger partial charge in [-0.05, 0) is 37.4 Å². The first-order valence-corrected chi connectivity index (χ1v) is 6.83. The monoisotopic (exact) mass is 263 g/mol. The van der Waals surface area contributed by atoms with Crippen LogP contribution in [0.5, 0.6) is 5.75 Å². The summed E-state index contributed by atoms with van der Waals surface area (Å²) in [5.41, 5.74) is 0. The molecule has 1 saturated heterocycles. The molecule has 0 amide bonds. The van der Waals surface area contributed by atoms with Gasteiger partial charge in [-0.2, -0.15) is 0 Å². The van der Waals surface area contributed by atoms with Crippen LogP contribution < -0.4 is 4.74 Å². The molecule has 104 valence electrons. The highest BCUT2D eigenvalue weighted by molar-refractivity contribution is 5.74. The summed E-state index contributed by atoms with van der Waals surface area (Å²) >= 11 is 0. The van der Waals surface area contributed by atoms with E-state index in [9.17, 15) is 9.90 Å². The van der Waals surface area contributed by atoms with Crippen LogP contribution in [0.15, 0.2) is 30.3 Å². The zero-order valence-electron chi connectivity index (χ0n) is 11.3. The summed E-state index contributed by atoms with van der Waals surface area (Å²) in [4.78, 5) is 13.4. The van der Waals surface area contributed by atoms with Crippen LogP contribution in [0.4, 0.5) is 0 Å². The van der Waals surface area contributed by atoms with E-state index in [1.807, 2.05) is 42.2 Å². The summed E-state index contributed by atoms with van der Waals surface area (Å²) in [7, 11) is 0. The third kappa shape index (κ3) is 3.70. The molecule has 19 heavy (non-hydrogen) atoms. The zero-order valence-corrected chi connectivity index (χ0v) is 11.3. The standard InChI is InChI=1S/C15H21NO3/c1-12-6-5-9-16(14(12)15(17)18)10-11-19-13-7-3-2-4-8-13/h2-4,7-8,12,14H,5-6,9-11H2,1H3,(H,17,18). The predicted molar refractivity (Wildman–Crippen MR) is 73.3 cm³/mol. The Labute approximate surface area is 114 Å². The van der Waals surface area contributed by atoms with Crippen LogP contribution in [0.3, 0.4) is 0 Å². The van der Waals surface area contributed by atoms with Gasteiger partial charge in [-0.15, -0.1) is 0 Å². The maximum Gasteiger partial charge on any atom is 0.321 e. The second kappa shape index (κ2) is 6.57. The van der Waals surface area contributed by atoms with Gasteiger partial charge in [0.1, 0.15) is 18.4 Å². The van der Waals surface area contributed by atoms with E-state index in [1.165, 1.54) is 0 Å². The van der Waals surface area contributed by atoms with Gasteiger partial charge in [0.05, 0.1) is 0 Å². The lowest BCUT2D eigenvalue weighted by molar-refractivity contribution is -0.147. The fourth-order valence-corrected chi connectivity index (χ4v) is 2.72. The average Bonchev–Trinajstić information content (AvgIpc) is 2.39. The minimum atomic E-state index is -0.716. The van der Waals surface area contributed by atoms with Crippen molar-refractivity contribution in [2.45, 2.75) is 25.8 Å². The van der Waals surface area contributed by atoms with Gasteiger partial charge in [-0.1, -0.05) is 25.1 Å². The minimum absolute atomic E-state index is 0.211. The maximum absolute atomic E-state index is 11.3. The molecule has 0 aliphatic carbocycles. The van der Waals surface area contributed by atoms with E-state index in [4.69, 9.17) is 4.74 Å². The third-order valence-electron chi connectivity index (χ3n) is 3.68. The molecule has 0 aromatic heterocycles. The van der Waals surface area contributed by atoms with Gasteiger partial charge in [-0.3, -0.25) is 9.69 Å². The largest absolute Gasteiger partial charge is 0.492 e. The van der Waals surface area contributed by atoms with E-state index >= 15 is 0 Å². The number of para-hydroxylation sites is 1. The number of carboxylic acid groups (broad SMARTS) is 1. The Kier molecular flexibility index (Phi) is 4.80. The Morgan fingerprint density at radius 2 is 2.16 bits per heavy atom. The van der Waals surface area contributed by atoms with Crippen LogP contribution in [0.1, 0.15) is 19.8 Å². The van der Waals surface area contributed by atoms with E-state index in [2.05, 4.69) is 0 Å². The third-order valence-corrected chi connectivity index (χ3v) is 3.68. The number of hydrogen-bond acceptors (Lipinski definition) is 3. The normalized spacial score (nSPS) is 24.1. The lowest BCUT2D eigenvalue weighted by Gasteiger charge is -2.37. The molecule has 1 fully saturated rings. The number of benzene rings is 1. The van der Waals surface area contributed by atoms with Gasteiger partial charge in [0.2, 0.25) is 0 Å². The number of likely N-dealkylation sites (tertiary alicyclic amines) is 1. The molecule has 0 bridgehead atoms. The zero-order chi connectivity index (χ0) is 13.7. The van der Waals surface area contributed by atoms with Crippen molar-refractivity contribution in [2.75, 3.05) is 19.7 Å². The molecule has 4 nitrogen and oxygen atoms in total. The maximum atomic E-state index is 11.3. The topological polar surface area (TPSA) is 49.8 Å². The number of hydrogen-bond donors (Lipinski definition) is 1. The van der Waals surface area contributed by atoms with E-state index in [0.29, 0.717) is 13.2 Å². The van der Waals surface area contributed by atoms with Crippen LogP contribution in [0.2, 0.25) is 0 Å². The van der Waals surface area contributed by atoms with Crippen LogP contribution in [0.25, 0.3) is 0 Å². The van der Waals surface area contributed by atoms with Crippen molar-refractivity contribution in [2.24, 2.45) is 5.92 Å². The minimum Gasteiger partial charge on any atom is -0.492 e. The van der Waals surface area contributed by atoms with Gasteiger partial charge in [-0.25, -0.2) is 0 Å². The molecule has 1 heterocycles. The van der Waals surface area contributed by atoms with E-state index in [-0.39, 0.29) is 12.0 Å². The number of nitrogens with zero attached hydrogens (tertiary/aromatic N) is 1. The summed E-state index contributed by atoms with van der Waals surface area (Å²) in [5.74, 6) is 0.328. The van der Waals surface area contributed by atoms with E-state index in [1.54, 1.807) is 0 Å². The lowest BCUT2D eigenvalue weighted by Crippen LogP contribution is -2.50. The van der Waals surface area contributed by atoms with Crippen molar-refractivity contribution in [1.29, 1.82) is 0 Å². The SMILES string of the molecule is CC1CCCN(CCOc2ccccc2)C1C(=O)O. The van der Waals surface area contributed by atoms with Crippen molar-refractivity contribution in [3.63, 3.8) is 0 Å². The first-order valence-electron chi connectivity index (χ1n) is 6.83. The van der Waals surface area contributed by atoms with Gasteiger partial charge < -0.3 is 9.84 Å². The molecule has 0 radical (unpaired) electrons. The molecule has 2 rings (SSSR count). The smallest absolute Gasteiger partial charge is 0.321 e. The first-order chi connectivity index (χ1) is 9.18. The molecule has 2 atom stereocenters. The second-order valence-electron chi connectivity index (χ2n) is 5.10. The molecular formula is C15H21NO3. The highest BCUT2D eigenvalue weighted by atomic mass is 16.5. The van der Waals surface area contributed by atoms with Crippen molar-refractivity contribution in [1.82, 2.24) is 4.90 Å². The first kappa shape index (κ1) is 13.9. The molecule has 2 unspecified atom stereocenters. The van der Waals surface area contributed by atoms with Crippen LogP contribution in [-0.2, 0) is 4.79 Å². The second-order valence-corrected chi connectivity index (χ2v) is 5.10. The Balaban J connectivity index is 1.85. The fraction of sp³-hybridized carbons (Fsp3) is 0.533. The molecular weight excluding hydrogens is 242 g/mol. The number of carbonyl (C=O) groups is 1. The molecule has 1 N–H and O–H groups in total. The molecule has 1 aliphatic rings. The summed E-state index contributed by atoms with van der Waals surface area (Å²) in [6, 6.07) is 9.25. The molecule has 0 saturated carbocycles. The number of ether oxygens (including phenoxy) is 1. The molecule has 1 aromatic carbocycles. The Morgan fingerprint density at radius 3 is 2.84 bits per heavy atom. The highest BCUT2D eigenvalue weighted by Crippen LogP contribution is 2.23. The van der Waals surface area contributed by atoms with Crippen molar-refractivity contribution >= 4 is 5.97 Å². The molecule has 4 heteroatoms. The van der Waals surface area contributed by atoms with Crippen LogP contribution in [-0.4, -0.2) is 41.7 Å². The lowest BCUT2D eigenvalue weighted by atomic mass is 9.91. The summed E-state index contributed by atoms with van der Waals surface area (Å²) in [5, 5.41) is 9.31. The highest BCUT2D eigenvalue weighted by Gasteiger charge is 2.33. The number of aliphatic carboxylic acids is 1.